The number of hydrogen-bond donors (Lipinski definition) is 1. The quantitative estimate of drug-likeness (QED) is 0.753. The topological polar surface area (TPSA) is 29.1 Å². The summed E-state index contributed by atoms with van der Waals surface area (Å²) in [4.78, 5) is 11.3. The number of thioether (sulfide) groups is 1. The molecule has 0 atom stereocenters. The summed E-state index contributed by atoms with van der Waals surface area (Å²) < 4.78 is 0. The van der Waals surface area contributed by atoms with Gasteiger partial charge in [0.25, 0.3) is 0 Å². The van der Waals surface area contributed by atoms with Gasteiger partial charge in [0.05, 0.1) is 5.75 Å². The van der Waals surface area contributed by atoms with Gasteiger partial charge in [-0.15, -0.1) is 11.8 Å². The van der Waals surface area contributed by atoms with Gasteiger partial charge in [-0.05, 0) is 12.0 Å². The Labute approximate surface area is 107 Å². The van der Waals surface area contributed by atoms with Crippen LogP contribution in [0.2, 0.25) is 0 Å². The molecule has 92 valence electrons. The van der Waals surface area contributed by atoms with Crippen LogP contribution < -0.4 is 5.32 Å². The number of nitrogens with one attached hydrogen (secondary N) is 1. The van der Waals surface area contributed by atoms with E-state index >= 15 is 0 Å². The Kier molecular flexibility index (Phi) is 7.23. The third-order valence-electron chi connectivity index (χ3n) is 2.13. The Morgan fingerprint density at radius 2 is 2.12 bits per heavy atom. The monoisotopic (exact) mass is 249 g/mol. The first-order valence-corrected chi connectivity index (χ1v) is 7.04. The lowest BCUT2D eigenvalue weighted by Crippen LogP contribution is -2.25. The lowest BCUT2D eigenvalue weighted by molar-refractivity contribution is -0.118. The van der Waals surface area contributed by atoms with E-state index in [1.165, 1.54) is 5.56 Å². The van der Waals surface area contributed by atoms with Crippen molar-refractivity contribution in [3.63, 3.8) is 0 Å². The Morgan fingerprint density at radius 1 is 1.35 bits per heavy atom. The van der Waals surface area contributed by atoms with Crippen LogP contribution in [0.5, 0.6) is 0 Å². The van der Waals surface area contributed by atoms with Crippen molar-refractivity contribution in [1.29, 1.82) is 0 Å². The highest BCUT2D eigenvalue weighted by molar-refractivity contribution is 8.00. The molecular weight excluding hydrogens is 230 g/mol. The minimum absolute atomic E-state index is 0.130. The molecule has 17 heavy (non-hydrogen) atoms. The van der Waals surface area contributed by atoms with E-state index in [1.807, 2.05) is 18.2 Å². The van der Waals surface area contributed by atoms with E-state index in [2.05, 4.69) is 36.5 Å². The first kappa shape index (κ1) is 13.8. The number of amides is 1. The SMILES string of the molecule is CCCNC(=O)CSC/C=C/c1ccccc1. The molecule has 0 heterocycles. The van der Waals surface area contributed by atoms with Crippen LogP contribution in [-0.4, -0.2) is 24.0 Å². The Morgan fingerprint density at radius 3 is 2.82 bits per heavy atom. The van der Waals surface area contributed by atoms with Crippen LogP contribution in [0.25, 0.3) is 6.08 Å². The summed E-state index contributed by atoms with van der Waals surface area (Å²) in [5.41, 5.74) is 1.20. The standard InChI is InChI=1S/C14H19NOS/c1-2-10-15-14(16)12-17-11-6-9-13-7-4-3-5-8-13/h3-9H,2,10-12H2,1H3,(H,15,16)/b9-6+. The normalized spacial score (nSPS) is 10.6. The number of hydrogen-bond acceptors (Lipinski definition) is 2. The average molecular weight is 249 g/mol. The smallest absolute Gasteiger partial charge is 0.230 e. The zero-order valence-electron chi connectivity index (χ0n) is 10.2. The Balaban J connectivity index is 2.12. The summed E-state index contributed by atoms with van der Waals surface area (Å²) in [6.07, 6.45) is 5.16. The third kappa shape index (κ3) is 6.84. The van der Waals surface area contributed by atoms with E-state index in [0.717, 1.165) is 18.7 Å². The summed E-state index contributed by atoms with van der Waals surface area (Å²) in [5.74, 6) is 1.54. The molecule has 0 radical (unpaired) electrons. The summed E-state index contributed by atoms with van der Waals surface area (Å²) >= 11 is 1.63. The predicted octanol–water partition coefficient (Wildman–Crippen LogP) is 2.96. The first-order valence-electron chi connectivity index (χ1n) is 5.89. The molecule has 0 bridgehead atoms. The van der Waals surface area contributed by atoms with Crippen LogP contribution >= 0.6 is 11.8 Å². The molecule has 0 aromatic heterocycles. The van der Waals surface area contributed by atoms with Crippen LogP contribution in [0.1, 0.15) is 18.9 Å². The second kappa shape index (κ2) is 8.88. The van der Waals surface area contributed by atoms with Crippen LogP contribution in [0.4, 0.5) is 0 Å². The molecule has 0 saturated heterocycles. The van der Waals surface area contributed by atoms with Gasteiger partial charge in [-0.1, -0.05) is 49.4 Å². The molecule has 0 saturated carbocycles. The molecule has 3 heteroatoms. The van der Waals surface area contributed by atoms with Crippen molar-refractivity contribution in [2.24, 2.45) is 0 Å². The van der Waals surface area contributed by atoms with Crippen molar-refractivity contribution in [3.05, 3.63) is 42.0 Å². The number of rotatable bonds is 7. The fraction of sp³-hybridized carbons (Fsp3) is 0.357. The summed E-state index contributed by atoms with van der Waals surface area (Å²) in [7, 11) is 0. The zero-order chi connectivity index (χ0) is 12.3. The molecule has 0 spiro atoms. The van der Waals surface area contributed by atoms with Gasteiger partial charge in [-0.3, -0.25) is 4.79 Å². The molecule has 0 fully saturated rings. The van der Waals surface area contributed by atoms with Gasteiger partial charge < -0.3 is 5.32 Å². The van der Waals surface area contributed by atoms with Gasteiger partial charge in [0, 0.05) is 12.3 Å². The van der Waals surface area contributed by atoms with Crippen molar-refractivity contribution in [2.45, 2.75) is 13.3 Å². The minimum Gasteiger partial charge on any atom is -0.355 e. The van der Waals surface area contributed by atoms with Gasteiger partial charge in [-0.25, -0.2) is 0 Å². The molecule has 1 aromatic carbocycles. The summed E-state index contributed by atoms with van der Waals surface area (Å²) in [5, 5.41) is 2.86. The Bertz CT molecular complexity index is 348. The van der Waals surface area contributed by atoms with Crippen molar-refractivity contribution >= 4 is 23.7 Å². The zero-order valence-corrected chi connectivity index (χ0v) is 11.0. The van der Waals surface area contributed by atoms with Crippen LogP contribution in [0.15, 0.2) is 36.4 Å². The van der Waals surface area contributed by atoms with Crippen LogP contribution in [0.3, 0.4) is 0 Å². The van der Waals surface area contributed by atoms with Crippen molar-refractivity contribution in [1.82, 2.24) is 5.32 Å². The second-order valence-electron chi connectivity index (χ2n) is 3.68. The largest absolute Gasteiger partial charge is 0.355 e. The van der Waals surface area contributed by atoms with Crippen molar-refractivity contribution < 1.29 is 4.79 Å². The molecular formula is C14H19NOS. The lowest BCUT2D eigenvalue weighted by atomic mass is 10.2. The van der Waals surface area contributed by atoms with Crippen LogP contribution in [0, 0.1) is 0 Å². The maximum absolute atomic E-state index is 11.3. The van der Waals surface area contributed by atoms with Crippen LogP contribution in [-0.2, 0) is 4.79 Å². The molecule has 0 aliphatic heterocycles. The van der Waals surface area contributed by atoms with Gasteiger partial charge in [0.15, 0.2) is 0 Å². The molecule has 0 aliphatic carbocycles. The molecule has 1 rings (SSSR count). The Hall–Kier alpha value is -1.22. The molecule has 1 aromatic rings. The highest BCUT2D eigenvalue weighted by atomic mass is 32.2. The highest BCUT2D eigenvalue weighted by Gasteiger charge is 1.97. The summed E-state index contributed by atoms with van der Waals surface area (Å²) in [6, 6.07) is 10.2. The second-order valence-corrected chi connectivity index (χ2v) is 4.71. The maximum atomic E-state index is 11.3. The number of carbonyl (C=O) groups excluding carboxylic acids is 1. The van der Waals surface area contributed by atoms with E-state index in [-0.39, 0.29) is 5.91 Å². The van der Waals surface area contributed by atoms with E-state index in [0.29, 0.717) is 5.75 Å². The van der Waals surface area contributed by atoms with Gasteiger partial charge in [0.1, 0.15) is 0 Å². The molecule has 1 amide bonds. The first-order chi connectivity index (χ1) is 8.33. The van der Waals surface area contributed by atoms with Gasteiger partial charge in [-0.2, -0.15) is 0 Å². The minimum atomic E-state index is 0.130. The number of carbonyl (C=O) groups is 1. The molecule has 2 nitrogen and oxygen atoms in total. The van der Waals surface area contributed by atoms with Gasteiger partial charge in [0.2, 0.25) is 5.91 Å². The van der Waals surface area contributed by atoms with Gasteiger partial charge >= 0.3 is 0 Å². The van der Waals surface area contributed by atoms with Crippen molar-refractivity contribution in [2.75, 3.05) is 18.1 Å². The fourth-order valence-corrected chi connectivity index (χ4v) is 1.92. The molecule has 0 aliphatic rings. The average Bonchev–Trinajstić information content (AvgIpc) is 2.37. The van der Waals surface area contributed by atoms with E-state index < -0.39 is 0 Å². The predicted molar refractivity (Wildman–Crippen MR) is 76.1 cm³/mol. The lowest BCUT2D eigenvalue weighted by Gasteiger charge is -2.01. The third-order valence-corrected chi connectivity index (χ3v) is 3.02. The number of benzene rings is 1. The van der Waals surface area contributed by atoms with E-state index in [4.69, 9.17) is 0 Å². The van der Waals surface area contributed by atoms with E-state index in [9.17, 15) is 4.79 Å². The summed E-state index contributed by atoms with van der Waals surface area (Å²) in [6.45, 7) is 2.83. The molecule has 1 N–H and O–H groups in total. The maximum Gasteiger partial charge on any atom is 0.230 e. The highest BCUT2D eigenvalue weighted by Crippen LogP contribution is 2.04. The van der Waals surface area contributed by atoms with Crippen molar-refractivity contribution in [3.8, 4) is 0 Å². The fourth-order valence-electron chi connectivity index (χ4n) is 1.28. The van der Waals surface area contributed by atoms with E-state index in [1.54, 1.807) is 11.8 Å². The molecule has 0 unspecified atom stereocenters.